The van der Waals surface area contributed by atoms with Gasteiger partial charge in [0.2, 0.25) is 5.91 Å². The number of para-hydroxylation sites is 1. The lowest BCUT2D eigenvalue weighted by atomic mass is 10.2. The molecule has 0 atom stereocenters. The summed E-state index contributed by atoms with van der Waals surface area (Å²) in [5, 5.41) is 0. The van der Waals surface area contributed by atoms with Crippen LogP contribution in [-0.2, 0) is 17.8 Å². The van der Waals surface area contributed by atoms with E-state index < -0.39 is 11.1 Å². The van der Waals surface area contributed by atoms with Crippen molar-refractivity contribution in [2.45, 2.75) is 19.9 Å². The summed E-state index contributed by atoms with van der Waals surface area (Å²) in [6.07, 6.45) is 3.76. The summed E-state index contributed by atoms with van der Waals surface area (Å²) in [6.45, 7) is 2.84. The van der Waals surface area contributed by atoms with Crippen molar-refractivity contribution in [2.24, 2.45) is 0 Å². The number of carbonyl (C=O) groups is 1. The van der Waals surface area contributed by atoms with E-state index in [0.717, 1.165) is 22.2 Å². The van der Waals surface area contributed by atoms with Crippen molar-refractivity contribution in [1.29, 1.82) is 0 Å². The number of ether oxygens (including phenoxy) is 1. The van der Waals surface area contributed by atoms with Gasteiger partial charge < -0.3 is 9.64 Å². The maximum atomic E-state index is 12.7. The molecule has 0 fully saturated rings. The highest BCUT2D eigenvalue weighted by molar-refractivity contribution is 5.95. The van der Waals surface area contributed by atoms with E-state index in [1.807, 2.05) is 31.2 Å². The predicted octanol–water partition coefficient (Wildman–Crippen LogP) is 1.99. The van der Waals surface area contributed by atoms with Crippen LogP contribution in [0.4, 0.5) is 5.69 Å². The molecule has 1 aliphatic rings. The maximum absolute atomic E-state index is 12.7. The lowest BCUT2D eigenvalue weighted by molar-refractivity contribution is -0.119. The number of aromatic nitrogens is 2. The Morgan fingerprint density at radius 3 is 2.52 bits per heavy atom. The Kier molecular flexibility index (Phi) is 5.03. The van der Waals surface area contributed by atoms with Crippen LogP contribution in [0.1, 0.15) is 12.5 Å². The molecule has 1 aromatic heterocycles. The first-order valence-corrected chi connectivity index (χ1v) is 9.52. The average molecular weight is 391 g/mol. The molecular formula is C22H21N3O4. The van der Waals surface area contributed by atoms with E-state index in [2.05, 4.69) is 0 Å². The fourth-order valence-corrected chi connectivity index (χ4v) is 3.53. The molecule has 0 bridgehead atoms. The van der Waals surface area contributed by atoms with Gasteiger partial charge in [-0.25, -0.2) is 0 Å². The first-order valence-electron chi connectivity index (χ1n) is 9.52. The van der Waals surface area contributed by atoms with E-state index in [9.17, 15) is 14.4 Å². The lowest BCUT2D eigenvalue weighted by Crippen LogP contribution is -2.43. The minimum atomic E-state index is -0.734. The topological polar surface area (TPSA) is 73.5 Å². The summed E-state index contributed by atoms with van der Waals surface area (Å²) >= 11 is 0. The van der Waals surface area contributed by atoms with Gasteiger partial charge in [-0.1, -0.05) is 18.2 Å². The van der Waals surface area contributed by atoms with Gasteiger partial charge in [-0.2, -0.15) is 0 Å². The SMILES string of the molecule is CCOc1ccc(-n2ccn(CC(=O)N3CCc4ccccc43)c(=O)c2=O)cc1. The summed E-state index contributed by atoms with van der Waals surface area (Å²) < 4.78 is 7.82. The molecule has 0 aliphatic carbocycles. The van der Waals surface area contributed by atoms with Gasteiger partial charge in [-0.05, 0) is 49.2 Å². The third-order valence-corrected chi connectivity index (χ3v) is 4.98. The highest BCUT2D eigenvalue weighted by Gasteiger charge is 2.24. The number of fused-ring (bicyclic) bond motifs is 1. The van der Waals surface area contributed by atoms with Crippen LogP contribution in [0.25, 0.3) is 5.69 Å². The molecule has 3 aromatic rings. The van der Waals surface area contributed by atoms with Crippen LogP contribution in [0.5, 0.6) is 5.75 Å². The van der Waals surface area contributed by atoms with Crippen molar-refractivity contribution in [2.75, 3.05) is 18.1 Å². The standard InChI is InChI=1S/C22H21N3O4/c1-2-29-18-9-7-17(8-10-18)24-14-13-23(21(27)22(24)28)15-20(26)25-12-11-16-5-3-4-6-19(16)25/h3-10,13-14H,2,11-12,15H2,1H3. The minimum absolute atomic E-state index is 0.174. The summed E-state index contributed by atoms with van der Waals surface area (Å²) in [6, 6.07) is 14.6. The Labute approximate surface area is 167 Å². The Balaban J connectivity index is 1.57. The third kappa shape index (κ3) is 3.59. The zero-order valence-electron chi connectivity index (χ0n) is 16.1. The number of hydrogen-bond donors (Lipinski definition) is 0. The molecule has 29 heavy (non-hydrogen) atoms. The number of rotatable bonds is 5. The Hall–Kier alpha value is -3.61. The summed E-state index contributed by atoms with van der Waals surface area (Å²) in [5.41, 5.74) is 1.10. The Morgan fingerprint density at radius 1 is 1.00 bits per heavy atom. The quantitative estimate of drug-likeness (QED) is 0.624. The molecule has 1 aliphatic heterocycles. The van der Waals surface area contributed by atoms with E-state index in [-0.39, 0.29) is 12.5 Å². The molecule has 2 aromatic carbocycles. The molecule has 1 amide bonds. The highest BCUT2D eigenvalue weighted by atomic mass is 16.5. The van der Waals surface area contributed by atoms with Crippen molar-refractivity contribution in [3.05, 3.63) is 87.2 Å². The van der Waals surface area contributed by atoms with Gasteiger partial charge in [0.1, 0.15) is 12.3 Å². The highest BCUT2D eigenvalue weighted by Crippen LogP contribution is 2.27. The van der Waals surface area contributed by atoms with Crippen molar-refractivity contribution in [1.82, 2.24) is 9.13 Å². The van der Waals surface area contributed by atoms with Crippen LogP contribution in [0, 0.1) is 0 Å². The molecule has 0 saturated heterocycles. The van der Waals surface area contributed by atoms with E-state index >= 15 is 0 Å². The lowest BCUT2D eigenvalue weighted by Gasteiger charge is -2.18. The van der Waals surface area contributed by atoms with Crippen LogP contribution in [0.2, 0.25) is 0 Å². The Morgan fingerprint density at radius 2 is 1.76 bits per heavy atom. The second kappa shape index (κ2) is 7.79. The van der Waals surface area contributed by atoms with Gasteiger partial charge in [0.05, 0.1) is 6.61 Å². The van der Waals surface area contributed by atoms with E-state index in [0.29, 0.717) is 24.6 Å². The average Bonchev–Trinajstić information content (AvgIpc) is 3.17. The fourth-order valence-electron chi connectivity index (χ4n) is 3.53. The number of anilines is 1. The van der Waals surface area contributed by atoms with Crippen molar-refractivity contribution >= 4 is 11.6 Å². The van der Waals surface area contributed by atoms with E-state index in [1.165, 1.54) is 17.0 Å². The molecule has 0 spiro atoms. The summed E-state index contributed by atoms with van der Waals surface area (Å²) in [4.78, 5) is 39.5. The minimum Gasteiger partial charge on any atom is -0.494 e. The van der Waals surface area contributed by atoms with Gasteiger partial charge in [0, 0.05) is 30.3 Å². The molecular weight excluding hydrogens is 370 g/mol. The smallest absolute Gasteiger partial charge is 0.320 e. The van der Waals surface area contributed by atoms with Crippen LogP contribution in [0.3, 0.4) is 0 Å². The fraction of sp³-hybridized carbons (Fsp3) is 0.227. The normalized spacial score (nSPS) is 12.7. The zero-order valence-corrected chi connectivity index (χ0v) is 16.1. The monoisotopic (exact) mass is 391 g/mol. The van der Waals surface area contributed by atoms with Gasteiger partial charge in [0.15, 0.2) is 0 Å². The predicted molar refractivity (Wildman–Crippen MR) is 110 cm³/mol. The first-order chi connectivity index (χ1) is 14.1. The molecule has 7 nitrogen and oxygen atoms in total. The van der Waals surface area contributed by atoms with E-state index in [1.54, 1.807) is 29.2 Å². The van der Waals surface area contributed by atoms with Crippen molar-refractivity contribution in [3.63, 3.8) is 0 Å². The van der Waals surface area contributed by atoms with Gasteiger partial charge in [-0.3, -0.25) is 23.5 Å². The van der Waals surface area contributed by atoms with Gasteiger partial charge in [0.25, 0.3) is 0 Å². The van der Waals surface area contributed by atoms with Gasteiger partial charge in [-0.15, -0.1) is 0 Å². The number of carbonyl (C=O) groups excluding carboxylic acids is 1. The second-order valence-electron chi connectivity index (χ2n) is 6.76. The summed E-state index contributed by atoms with van der Waals surface area (Å²) in [5.74, 6) is 0.476. The number of hydrogen-bond acceptors (Lipinski definition) is 4. The Bertz CT molecular complexity index is 1160. The van der Waals surface area contributed by atoms with Crippen LogP contribution < -0.4 is 20.8 Å². The second-order valence-corrected chi connectivity index (χ2v) is 6.76. The van der Waals surface area contributed by atoms with Crippen LogP contribution in [-0.4, -0.2) is 28.2 Å². The molecule has 0 unspecified atom stereocenters. The molecule has 0 saturated carbocycles. The van der Waals surface area contributed by atoms with Gasteiger partial charge >= 0.3 is 11.1 Å². The molecule has 148 valence electrons. The number of benzene rings is 2. The molecule has 0 radical (unpaired) electrons. The molecule has 2 heterocycles. The maximum Gasteiger partial charge on any atom is 0.320 e. The van der Waals surface area contributed by atoms with Crippen LogP contribution >= 0.6 is 0 Å². The largest absolute Gasteiger partial charge is 0.494 e. The number of amides is 1. The first kappa shape index (κ1) is 18.7. The molecule has 0 N–H and O–H groups in total. The van der Waals surface area contributed by atoms with Crippen molar-refractivity contribution in [3.8, 4) is 11.4 Å². The van der Waals surface area contributed by atoms with Crippen LogP contribution in [0.15, 0.2) is 70.5 Å². The number of nitrogens with zero attached hydrogens (tertiary/aromatic N) is 3. The molecule has 7 heteroatoms. The van der Waals surface area contributed by atoms with Crippen molar-refractivity contribution < 1.29 is 9.53 Å². The molecule has 4 rings (SSSR count). The summed E-state index contributed by atoms with van der Waals surface area (Å²) in [7, 11) is 0. The van der Waals surface area contributed by atoms with E-state index in [4.69, 9.17) is 4.74 Å². The zero-order chi connectivity index (χ0) is 20.4. The third-order valence-electron chi connectivity index (χ3n) is 4.98.